The van der Waals surface area contributed by atoms with Crippen molar-refractivity contribution in [1.82, 2.24) is 4.90 Å². The zero-order chi connectivity index (χ0) is 13.9. The molecule has 0 bridgehead atoms. The minimum absolute atomic E-state index is 0.158. The zero-order valence-electron chi connectivity index (χ0n) is 11.1. The van der Waals surface area contributed by atoms with Crippen molar-refractivity contribution >= 4 is 33.2 Å². The highest BCUT2D eigenvalue weighted by atomic mass is 79.9. The maximum atomic E-state index is 12.6. The van der Waals surface area contributed by atoms with Crippen molar-refractivity contribution in [1.29, 1.82) is 0 Å². The summed E-state index contributed by atoms with van der Waals surface area (Å²) in [5.74, 6) is 0.158. The van der Waals surface area contributed by atoms with Gasteiger partial charge in [-0.3, -0.25) is 4.79 Å². The van der Waals surface area contributed by atoms with Crippen LogP contribution in [-0.2, 0) is 6.42 Å². The first-order chi connectivity index (χ1) is 9.74. The number of carbonyl (C=O) groups is 1. The monoisotopic (exact) mass is 349 g/mol. The van der Waals surface area contributed by atoms with Crippen molar-refractivity contribution in [2.75, 3.05) is 6.54 Å². The standard InChI is InChI=1S/C16H16BrNOS/c17-13-4-1-3-12(11-13)16(19)18(14-6-7-14)9-8-15-5-2-10-20-15/h1-5,10-11,14H,6-9H2. The van der Waals surface area contributed by atoms with Crippen molar-refractivity contribution in [2.24, 2.45) is 0 Å². The largest absolute Gasteiger partial charge is 0.335 e. The Balaban J connectivity index is 1.71. The van der Waals surface area contributed by atoms with Gasteiger partial charge in [-0.05, 0) is 48.9 Å². The molecular formula is C16H16BrNOS. The van der Waals surface area contributed by atoms with Crippen molar-refractivity contribution in [3.8, 4) is 0 Å². The molecule has 1 amide bonds. The fraction of sp³-hybridized carbons (Fsp3) is 0.312. The van der Waals surface area contributed by atoms with Crippen LogP contribution >= 0.6 is 27.3 Å². The second-order valence-electron chi connectivity index (χ2n) is 5.07. The third-order valence-electron chi connectivity index (χ3n) is 3.50. The van der Waals surface area contributed by atoms with Crippen LogP contribution in [0.1, 0.15) is 28.1 Å². The van der Waals surface area contributed by atoms with Gasteiger partial charge >= 0.3 is 0 Å². The van der Waals surface area contributed by atoms with E-state index < -0.39 is 0 Å². The first-order valence-electron chi connectivity index (χ1n) is 6.83. The number of hydrogen-bond acceptors (Lipinski definition) is 2. The van der Waals surface area contributed by atoms with E-state index in [1.807, 2.05) is 29.2 Å². The number of hydrogen-bond donors (Lipinski definition) is 0. The zero-order valence-corrected chi connectivity index (χ0v) is 13.5. The summed E-state index contributed by atoms with van der Waals surface area (Å²) in [5.41, 5.74) is 0.775. The molecule has 1 aromatic heterocycles. The Kier molecular flexibility index (Phi) is 4.22. The van der Waals surface area contributed by atoms with E-state index in [0.717, 1.165) is 35.8 Å². The molecule has 104 valence electrons. The second-order valence-corrected chi connectivity index (χ2v) is 7.02. The molecule has 1 saturated carbocycles. The summed E-state index contributed by atoms with van der Waals surface area (Å²) >= 11 is 5.20. The van der Waals surface area contributed by atoms with Crippen LogP contribution < -0.4 is 0 Å². The summed E-state index contributed by atoms with van der Waals surface area (Å²) in [5, 5.41) is 2.09. The Hall–Kier alpha value is -1.13. The summed E-state index contributed by atoms with van der Waals surface area (Å²) in [6.07, 6.45) is 3.24. The topological polar surface area (TPSA) is 20.3 Å². The molecule has 1 aromatic carbocycles. The van der Waals surface area contributed by atoms with E-state index in [-0.39, 0.29) is 5.91 Å². The molecule has 2 aromatic rings. The van der Waals surface area contributed by atoms with Crippen LogP contribution in [0.5, 0.6) is 0 Å². The molecule has 2 nitrogen and oxygen atoms in total. The lowest BCUT2D eigenvalue weighted by molar-refractivity contribution is 0.0745. The van der Waals surface area contributed by atoms with Crippen LogP contribution in [0.4, 0.5) is 0 Å². The van der Waals surface area contributed by atoms with E-state index in [9.17, 15) is 4.79 Å². The van der Waals surface area contributed by atoms with Crippen LogP contribution in [0.3, 0.4) is 0 Å². The molecule has 4 heteroatoms. The summed E-state index contributed by atoms with van der Waals surface area (Å²) < 4.78 is 0.956. The SMILES string of the molecule is O=C(c1cccc(Br)c1)N(CCc1cccs1)C1CC1. The van der Waals surface area contributed by atoms with E-state index in [1.54, 1.807) is 11.3 Å². The van der Waals surface area contributed by atoms with Gasteiger partial charge in [0.2, 0.25) is 0 Å². The molecule has 1 aliphatic rings. The predicted octanol–water partition coefficient (Wildman–Crippen LogP) is 4.36. The van der Waals surface area contributed by atoms with Gasteiger partial charge in [0, 0.05) is 27.5 Å². The summed E-state index contributed by atoms with van der Waals surface area (Å²) in [6, 6.07) is 12.3. The molecule has 3 rings (SSSR count). The van der Waals surface area contributed by atoms with Gasteiger partial charge in [0.25, 0.3) is 5.91 Å². The number of halogens is 1. The van der Waals surface area contributed by atoms with Crippen molar-refractivity contribution in [3.05, 3.63) is 56.7 Å². The Bertz CT molecular complexity index is 592. The lowest BCUT2D eigenvalue weighted by Gasteiger charge is -2.22. The Morgan fingerprint density at radius 3 is 2.80 bits per heavy atom. The minimum Gasteiger partial charge on any atom is -0.335 e. The molecule has 0 unspecified atom stereocenters. The number of carbonyl (C=O) groups excluding carboxylic acids is 1. The maximum absolute atomic E-state index is 12.6. The summed E-state index contributed by atoms with van der Waals surface area (Å²) in [6.45, 7) is 0.816. The highest BCUT2D eigenvalue weighted by Crippen LogP contribution is 2.29. The summed E-state index contributed by atoms with van der Waals surface area (Å²) in [4.78, 5) is 16.0. The van der Waals surface area contributed by atoms with Crippen LogP contribution in [0.25, 0.3) is 0 Å². The van der Waals surface area contributed by atoms with Gasteiger partial charge in [0.1, 0.15) is 0 Å². The highest BCUT2D eigenvalue weighted by Gasteiger charge is 2.32. The van der Waals surface area contributed by atoms with E-state index >= 15 is 0 Å². The lowest BCUT2D eigenvalue weighted by atomic mass is 10.2. The smallest absolute Gasteiger partial charge is 0.254 e. The second kappa shape index (κ2) is 6.10. The molecule has 0 aliphatic heterocycles. The fourth-order valence-electron chi connectivity index (χ4n) is 2.31. The van der Waals surface area contributed by atoms with Crippen molar-refractivity contribution in [2.45, 2.75) is 25.3 Å². The molecule has 0 spiro atoms. The molecule has 0 N–H and O–H groups in total. The Morgan fingerprint density at radius 1 is 1.30 bits per heavy atom. The van der Waals surface area contributed by atoms with E-state index in [0.29, 0.717) is 6.04 Å². The number of thiophene rings is 1. The quantitative estimate of drug-likeness (QED) is 0.785. The van der Waals surface area contributed by atoms with Crippen LogP contribution in [0.2, 0.25) is 0 Å². The van der Waals surface area contributed by atoms with Gasteiger partial charge in [-0.2, -0.15) is 0 Å². The normalized spacial score (nSPS) is 14.2. The average Bonchev–Trinajstić information content (AvgIpc) is 3.14. The van der Waals surface area contributed by atoms with Crippen LogP contribution in [-0.4, -0.2) is 23.4 Å². The molecule has 0 saturated heterocycles. The summed E-state index contributed by atoms with van der Waals surface area (Å²) in [7, 11) is 0. The van der Waals surface area contributed by atoms with Crippen molar-refractivity contribution < 1.29 is 4.79 Å². The Labute approximate surface area is 131 Å². The molecular weight excluding hydrogens is 334 g/mol. The van der Waals surface area contributed by atoms with E-state index in [1.165, 1.54) is 4.88 Å². The van der Waals surface area contributed by atoms with Crippen LogP contribution in [0, 0.1) is 0 Å². The van der Waals surface area contributed by atoms with E-state index in [4.69, 9.17) is 0 Å². The Morgan fingerprint density at radius 2 is 2.15 bits per heavy atom. The van der Waals surface area contributed by atoms with Gasteiger partial charge in [0.05, 0.1) is 0 Å². The molecule has 1 heterocycles. The molecule has 0 atom stereocenters. The van der Waals surface area contributed by atoms with Gasteiger partial charge in [0.15, 0.2) is 0 Å². The fourth-order valence-corrected chi connectivity index (χ4v) is 3.41. The number of nitrogens with zero attached hydrogens (tertiary/aromatic N) is 1. The van der Waals surface area contributed by atoms with Crippen molar-refractivity contribution in [3.63, 3.8) is 0 Å². The van der Waals surface area contributed by atoms with Crippen LogP contribution in [0.15, 0.2) is 46.3 Å². The molecule has 20 heavy (non-hydrogen) atoms. The maximum Gasteiger partial charge on any atom is 0.254 e. The van der Waals surface area contributed by atoms with E-state index in [2.05, 4.69) is 33.4 Å². The van der Waals surface area contributed by atoms with Gasteiger partial charge in [-0.1, -0.05) is 28.1 Å². The average molecular weight is 350 g/mol. The van der Waals surface area contributed by atoms with Gasteiger partial charge < -0.3 is 4.90 Å². The first-order valence-corrected chi connectivity index (χ1v) is 8.50. The number of amides is 1. The highest BCUT2D eigenvalue weighted by molar-refractivity contribution is 9.10. The third kappa shape index (κ3) is 3.30. The number of benzene rings is 1. The molecule has 1 fully saturated rings. The predicted molar refractivity (Wildman–Crippen MR) is 86.2 cm³/mol. The molecule has 1 aliphatic carbocycles. The lowest BCUT2D eigenvalue weighted by Crippen LogP contribution is -2.34. The molecule has 0 radical (unpaired) electrons. The minimum atomic E-state index is 0.158. The van der Waals surface area contributed by atoms with Gasteiger partial charge in [-0.15, -0.1) is 11.3 Å². The number of rotatable bonds is 5. The first kappa shape index (κ1) is 13.8. The third-order valence-corrected chi connectivity index (χ3v) is 4.93. The van der Waals surface area contributed by atoms with Gasteiger partial charge in [-0.25, -0.2) is 0 Å².